The van der Waals surface area contributed by atoms with Crippen molar-refractivity contribution in [1.82, 2.24) is 0 Å². The second-order valence-electron chi connectivity index (χ2n) is 7.19. The van der Waals surface area contributed by atoms with E-state index in [1.807, 2.05) is 12.1 Å². The molecule has 0 radical (unpaired) electrons. The van der Waals surface area contributed by atoms with E-state index in [0.717, 1.165) is 12.0 Å². The highest BCUT2D eigenvalue weighted by Crippen LogP contribution is 2.62. The Hall–Kier alpha value is -1.37. The van der Waals surface area contributed by atoms with Crippen molar-refractivity contribution in [2.45, 2.75) is 44.9 Å². The number of fused-ring (bicyclic) bond motifs is 5. The summed E-state index contributed by atoms with van der Waals surface area (Å²) in [5, 5.41) is 0. The van der Waals surface area contributed by atoms with Gasteiger partial charge in [-0.15, -0.1) is 0 Å². The number of benzene rings is 1. The van der Waals surface area contributed by atoms with Gasteiger partial charge in [-0.3, -0.25) is 4.79 Å². The van der Waals surface area contributed by atoms with Crippen molar-refractivity contribution in [1.29, 1.82) is 0 Å². The van der Waals surface area contributed by atoms with Crippen molar-refractivity contribution in [2.24, 2.45) is 17.3 Å². The van der Waals surface area contributed by atoms with Crippen molar-refractivity contribution >= 4 is 5.78 Å². The predicted octanol–water partition coefficient (Wildman–Crippen LogP) is 4.74. The van der Waals surface area contributed by atoms with Gasteiger partial charge >= 0.3 is 0 Å². The summed E-state index contributed by atoms with van der Waals surface area (Å²) in [5.74, 6) is 2.19. The van der Waals surface area contributed by atoms with Crippen molar-refractivity contribution < 1.29 is 4.79 Å². The Balaban J connectivity index is 1.79. The van der Waals surface area contributed by atoms with Crippen LogP contribution < -0.4 is 0 Å². The highest BCUT2D eigenvalue weighted by Gasteiger charge is 2.52. The Labute approximate surface area is 121 Å². The Morgan fingerprint density at radius 1 is 1.25 bits per heavy atom. The van der Waals surface area contributed by atoms with Gasteiger partial charge in [0.1, 0.15) is 0 Å². The Kier molecular flexibility index (Phi) is 2.52. The highest BCUT2D eigenvalue weighted by atomic mass is 16.1. The largest absolute Gasteiger partial charge is 0.294 e. The van der Waals surface area contributed by atoms with Crippen LogP contribution in [-0.2, 0) is 0 Å². The molecule has 1 aromatic carbocycles. The zero-order valence-electron chi connectivity index (χ0n) is 12.2. The molecular formula is C19H22O. The molecule has 0 aromatic heterocycles. The fraction of sp³-hybridized carbons (Fsp3) is 0.526. The van der Waals surface area contributed by atoms with Crippen LogP contribution in [0.1, 0.15) is 60.9 Å². The number of ketones is 1. The first-order valence-electron chi connectivity index (χ1n) is 7.91. The third-order valence-electron chi connectivity index (χ3n) is 6.47. The fourth-order valence-electron chi connectivity index (χ4n) is 5.26. The van der Waals surface area contributed by atoms with Crippen LogP contribution in [0.2, 0.25) is 0 Å². The standard InChI is InChI=1S/C19H22O/c1-12-7-8-17-16-11-18(20)15-6-4-3-5-13(15)14(16)9-10-19(12,17)2/h3-6,14,16-17H,1,7-11H2,2H3/t14-,16-,17+,19-/m1/s1. The lowest BCUT2D eigenvalue weighted by Gasteiger charge is -2.49. The normalized spacial score (nSPS) is 39.1. The summed E-state index contributed by atoms with van der Waals surface area (Å²) < 4.78 is 0. The second-order valence-corrected chi connectivity index (χ2v) is 7.19. The first-order chi connectivity index (χ1) is 9.61. The average Bonchev–Trinajstić information content (AvgIpc) is 2.76. The number of hydrogen-bond acceptors (Lipinski definition) is 1. The van der Waals surface area contributed by atoms with Crippen LogP contribution in [0, 0.1) is 17.3 Å². The van der Waals surface area contributed by atoms with Gasteiger partial charge in [-0.1, -0.05) is 43.3 Å². The van der Waals surface area contributed by atoms with Gasteiger partial charge in [0.05, 0.1) is 0 Å². The smallest absolute Gasteiger partial charge is 0.163 e. The van der Waals surface area contributed by atoms with Crippen LogP contribution >= 0.6 is 0 Å². The van der Waals surface area contributed by atoms with Crippen molar-refractivity contribution in [2.75, 3.05) is 0 Å². The van der Waals surface area contributed by atoms with Gasteiger partial charge in [-0.2, -0.15) is 0 Å². The number of carbonyl (C=O) groups is 1. The summed E-state index contributed by atoms with van der Waals surface area (Å²) in [4.78, 5) is 12.5. The lowest BCUT2D eigenvalue weighted by Crippen LogP contribution is -2.41. The van der Waals surface area contributed by atoms with E-state index in [0.29, 0.717) is 29.0 Å². The third-order valence-corrected chi connectivity index (χ3v) is 6.47. The van der Waals surface area contributed by atoms with Gasteiger partial charge in [0.25, 0.3) is 0 Å². The van der Waals surface area contributed by atoms with Crippen LogP contribution in [0.15, 0.2) is 36.4 Å². The molecule has 1 heteroatoms. The minimum Gasteiger partial charge on any atom is -0.294 e. The summed E-state index contributed by atoms with van der Waals surface area (Å²) in [7, 11) is 0. The second kappa shape index (κ2) is 4.07. The summed E-state index contributed by atoms with van der Waals surface area (Å²) >= 11 is 0. The molecule has 4 rings (SSSR count). The predicted molar refractivity (Wildman–Crippen MR) is 80.8 cm³/mol. The molecule has 3 aliphatic carbocycles. The highest BCUT2D eigenvalue weighted by molar-refractivity contribution is 5.99. The van der Waals surface area contributed by atoms with Crippen LogP contribution in [-0.4, -0.2) is 5.78 Å². The molecule has 1 nitrogen and oxygen atoms in total. The van der Waals surface area contributed by atoms with Gasteiger partial charge in [0.15, 0.2) is 5.78 Å². The molecule has 0 bridgehead atoms. The molecule has 0 heterocycles. The van der Waals surface area contributed by atoms with Gasteiger partial charge in [-0.05, 0) is 54.4 Å². The summed E-state index contributed by atoms with van der Waals surface area (Å²) in [6.07, 6.45) is 5.64. The Bertz CT molecular complexity index is 600. The van der Waals surface area contributed by atoms with Gasteiger partial charge < -0.3 is 0 Å². The molecule has 104 valence electrons. The van der Waals surface area contributed by atoms with Gasteiger partial charge in [0, 0.05) is 12.0 Å². The van der Waals surface area contributed by atoms with Crippen LogP contribution in [0.3, 0.4) is 0 Å². The summed E-state index contributed by atoms with van der Waals surface area (Å²) in [5.41, 5.74) is 4.06. The Morgan fingerprint density at radius 2 is 2.05 bits per heavy atom. The molecule has 1 aromatic rings. The number of hydrogen-bond donors (Lipinski definition) is 0. The van der Waals surface area contributed by atoms with E-state index < -0.39 is 0 Å². The average molecular weight is 266 g/mol. The zero-order chi connectivity index (χ0) is 13.9. The van der Waals surface area contributed by atoms with E-state index >= 15 is 0 Å². The molecule has 0 spiro atoms. The molecule has 20 heavy (non-hydrogen) atoms. The summed E-state index contributed by atoms with van der Waals surface area (Å²) in [6, 6.07) is 8.31. The molecule has 3 aliphatic rings. The van der Waals surface area contributed by atoms with E-state index in [2.05, 4.69) is 25.6 Å². The van der Waals surface area contributed by atoms with E-state index in [4.69, 9.17) is 0 Å². The number of rotatable bonds is 0. The van der Waals surface area contributed by atoms with Gasteiger partial charge in [-0.25, -0.2) is 0 Å². The van der Waals surface area contributed by atoms with E-state index in [-0.39, 0.29) is 0 Å². The maximum Gasteiger partial charge on any atom is 0.163 e. The quantitative estimate of drug-likeness (QED) is 0.620. The van der Waals surface area contributed by atoms with E-state index in [1.165, 1.54) is 36.8 Å². The molecule has 0 unspecified atom stereocenters. The molecule has 0 saturated heterocycles. The lowest BCUT2D eigenvalue weighted by molar-refractivity contribution is 0.0654. The van der Waals surface area contributed by atoms with Crippen molar-refractivity contribution in [3.63, 3.8) is 0 Å². The first kappa shape index (κ1) is 12.4. The molecular weight excluding hydrogens is 244 g/mol. The Morgan fingerprint density at radius 3 is 2.90 bits per heavy atom. The van der Waals surface area contributed by atoms with E-state index in [9.17, 15) is 4.79 Å². The zero-order valence-corrected chi connectivity index (χ0v) is 12.2. The van der Waals surface area contributed by atoms with E-state index in [1.54, 1.807) is 0 Å². The van der Waals surface area contributed by atoms with Crippen LogP contribution in [0.4, 0.5) is 0 Å². The topological polar surface area (TPSA) is 17.1 Å². The minimum atomic E-state index is 0.299. The maximum atomic E-state index is 12.5. The number of carbonyl (C=O) groups excluding carboxylic acids is 1. The fourth-order valence-corrected chi connectivity index (χ4v) is 5.26. The van der Waals surface area contributed by atoms with Gasteiger partial charge in [0.2, 0.25) is 0 Å². The first-order valence-corrected chi connectivity index (χ1v) is 7.91. The minimum absolute atomic E-state index is 0.299. The molecule has 4 atom stereocenters. The molecule has 0 amide bonds. The number of Topliss-reactive ketones (excluding diaryl/α,β-unsaturated/α-hetero) is 1. The third kappa shape index (κ3) is 1.47. The lowest BCUT2D eigenvalue weighted by atomic mass is 9.55. The maximum absolute atomic E-state index is 12.5. The monoisotopic (exact) mass is 266 g/mol. The van der Waals surface area contributed by atoms with Crippen molar-refractivity contribution in [3.05, 3.63) is 47.5 Å². The van der Waals surface area contributed by atoms with Crippen molar-refractivity contribution in [3.8, 4) is 0 Å². The SMILES string of the molecule is C=C1CC[C@H]2[C@@H]3CC(=O)c4ccccc4[C@H]3CC[C@]12C. The summed E-state index contributed by atoms with van der Waals surface area (Å²) in [6.45, 7) is 6.72. The van der Waals surface area contributed by atoms with Crippen LogP contribution in [0.25, 0.3) is 0 Å². The number of allylic oxidation sites excluding steroid dienone is 1. The molecule has 0 aliphatic heterocycles. The molecule has 2 fully saturated rings. The molecule has 2 saturated carbocycles. The van der Waals surface area contributed by atoms with Crippen LogP contribution in [0.5, 0.6) is 0 Å². The molecule has 0 N–H and O–H groups in total.